The number of ketones is 1. The van der Waals surface area contributed by atoms with Gasteiger partial charge in [0.25, 0.3) is 15.9 Å². The van der Waals surface area contributed by atoms with Crippen molar-refractivity contribution in [1.29, 1.82) is 0 Å². The lowest BCUT2D eigenvalue weighted by Gasteiger charge is -2.33. The predicted octanol–water partition coefficient (Wildman–Crippen LogP) is 4.56. The van der Waals surface area contributed by atoms with Crippen LogP contribution in [0.3, 0.4) is 0 Å². The number of aryl methyl sites for hydroxylation is 1. The fourth-order valence-electron chi connectivity index (χ4n) is 5.34. The maximum atomic E-state index is 13.6. The quantitative estimate of drug-likeness (QED) is 0.382. The molecule has 7 nitrogen and oxygen atoms in total. The average molecular weight is 527 g/mol. The van der Waals surface area contributed by atoms with Crippen molar-refractivity contribution in [3.05, 3.63) is 58.5 Å². The standard InChI is InChI=1S/C27H30N2O5S2/c1-18-10-13-25(35-18)36(32,33)29-15-4-3-9-22(29)24(30)17-19-11-12-23-26-20(19)7-5-8-21(26)27(31)28(23)14-6-16-34-2/h5,7-8,10-13,22H,3-4,6,9,14-17H2,1-2H3. The number of methoxy groups -OCH3 is 1. The maximum Gasteiger partial charge on any atom is 0.258 e. The Morgan fingerprint density at radius 3 is 2.72 bits per heavy atom. The van der Waals surface area contributed by atoms with E-state index < -0.39 is 16.1 Å². The Morgan fingerprint density at radius 1 is 1.14 bits per heavy atom. The number of amides is 1. The van der Waals surface area contributed by atoms with Crippen LogP contribution in [0.5, 0.6) is 0 Å². The molecule has 9 heteroatoms. The van der Waals surface area contributed by atoms with Crippen molar-refractivity contribution in [3.63, 3.8) is 0 Å². The van der Waals surface area contributed by atoms with Gasteiger partial charge in [0.2, 0.25) is 0 Å². The molecule has 1 aromatic heterocycles. The molecular weight excluding hydrogens is 496 g/mol. The van der Waals surface area contributed by atoms with Crippen molar-refractivity contribution >= 4 is 49.5 Å². The van der Waals surface area contributed by atoms with E-state index >= 15 is 0 Å². The Bertz CT molecular complexity index is 1430. The summed E-state index contributed by atoms with van der Waals surface area (Å²) in [7, 11) is -2.09. The van der Waals surface area contributed by atoms with Crippen LogP contribution in [-0.4, -0.2) is 57.3 Å². The molecule has 0 radical (unpaired) electrons. The van der Waals surface area contributed by atoms with Crippen molar-refractivity contribution in [2.45, 2.75) is 49.3 Å². The van der Waals surface area contributed by atoms with Crippen LogP contribution in [0, 0.1) is 6.92 Å². The first kappa shape index (κ1) is 25.1. The molecule has 0 bridgehead atoms. The number of rotatable bonds is 9. The molecule has 2 aliphatic heterocycles. The fourth-order valence-corrected chi connectivity index (χ4v) is 8.43. The fraction of sp³-hybridized carbons (Fsp3) is 0.407. The first-order chi connectivity index (χ1) is 17.3. The largest absolute Gasteiger partial charge is 0.385 e. The Labute approximate surface area is 215 Å². The Balaban J connectivity index is 1.44. The van der Waals surface area contributed by atoms with Crippen LogP contribution in [0.4, 0.5) is 5.69 Å². The lowest BCUT2D eigenvalue weighted by molar-refractivity contribution is -0.122. The molecule has 190 valence electrons. The van der Waals surface area contributed by atoms with Gasteiger partial charge in [0.05, 0.1) is 11.7 Å². The van der Waals surface area contributed by atoms with E-state index in [2.05, 4.69) is 0 Å². The number of sulfonamides is 1. The number of carbonyl (C=O) groups is 2. The minimum Gasteiger partial charge on any atom is -0.385 e. The molecule has 0 aliphatic carbocycles. The highest BCUT2D eigenvalue weighted by molar-refractivity contribution is 7.91. The number of hydrogen-bond acceptors (Lipinski definition) is 6. The minimum atomic E-state index is -3.73. The van der Waals surface area contributed by atoms with Gasteiger partial charge in [0, 0.05) is 49.1 Å². The van der Waals surface area contributed by atoms with Crippen LogP contribution >= 0.6 is 11.3 Å². The lowest BCUT2D eigenvalue weighted by atomic mass is 9.93. The summed E-state index contributed by atoms with van der Waals surface area (Å²) in [6.45, 7) is 3.36. The molecule has 3 aromatic rings. The normalized spacial score (nSPS) is 18.3. The lowest BCUT2D eigenvalue weighted by Crippen LogP contribution is -2.48. The van der Waals surface area contributed by atoms with E-state index in [0.717, 1.165) is 46.2 Å². The SMILES string of the molecule is COCCCN1C(=O)c2cccc3c(CC(=O)C4CCCCN4S(=O)(=O)c4ccc(C)s4)ccc1c23. The smallest absolute Gasteiger partial charge is 0.258 e. The van der Waals surface area contributed by atoms with Crippen LogP contribution in [-0.2, 0) is 26.0 Å². The molecule has 3 heterocycles. The average Bonchev–Trinajstić information content (AvgIpc) is 3.44. The molecule has 5 rings (SSSR count). The molecule has 36 heavy (non-hydrogen) atoms. The molecule has 2 aromatic carbocycles. The third-order valence-corrected chi connectivity index (χ3v) is 10.5. The van der Waals surface area contributed by atoms with Gasteiger partial charge in [-0.2, -0.15) is 4.31 Å². The van der Waals surface area contributed by atoms with Crippen molar-refractivity contribution in [3.8, 4) is 0 Å². The summed E-state index contributed by atoms with van der Waals surface area (Å²) in [5.41, 5.74) is 2.32. The topological polar surface area (TPSA) is 84.0 Å². The third-order valence-electron chi connectivity index (χ3n) is 7.07. The van der Waals surface area contributed by atoms with E-state index in [-0.39, 0.29) is 22.3 Å². The number of hydrogen-bond donors (Lipinski definition) is 0. The first-order valence-corrected chi connectivity index (χ1v) is 14.5. The zero-order valence-electron chi connectivity index (χ0n) is 20.5. The molecule has 1 amide bonds. The number of nitrogens with zero attached hydrogens (tertiary/aromatic N) is 2. The number of thiophene rings is 1. The van der Waals surface area contributed by atoms with Crippen LogP contribution in [0.2, 0.25) is 0 Å². The van der Waals surface area contributed by atoms with E-state index in [4.69, 9.17) is 4.74 Å². The second-order valence-corrected chi connectivity index (χ2v) is 12.8. The summed E-state index contributed by atoms with van der Waals surface area (Å²) in [5, 5.41) is 1.74. The van der Waals surface area contributed by atoms with Gasteiger partial charge in [0.1, 0.15) is 4.21 Å². The van der Waals surface area contributed by atoms with Gasteiger partial charge in [-0.25, -0.2) is 8.42 Å². The minimum absolute atomic E-state index is 0.0361. The molecule has 1 saturated heterocycles. The van der Waals surface area contributed by atoms with Gasteiger partial charge < -0.3 is 9.64 Å². The number of piperidine rings is 1. The van der Waals surface area contributed by atoms with Gasteiger partial charge in [0.15, 0.2) is 5.78 Å². The molecule has 1 fully saturated rings. The molecule has 0 saturated carbocycles. The van der Waals surface area contributed by atoms with E-state index in [9.17, 15) is 18.0 Å². The zero-order valence-corrected chi connectivity index (χ0v) is 22.2. The van der Waals surface area contributed by atoms with Crippen molar-refractivity contribution in [2.75, 3.05) is 31.7 Å². The summed E-state index contributed by atoms with van der Waals surface area (Å²) >= 11 is 1.24. The number of anilines is 1. The van der Waals surface area contributed by atoms with Gasteiger partial charge in [-0.1, -0.05) is 24.6 Å². The van der Waals surface area contributed by atoms with Crippen molar-refractivity contribution in [2.24, 2.45) is 0 Å². The van der Waals surface area contributed by atoms with E-state index in [1.807, 2.05) is 37.3 Å². The van der Waals surface area contributed by atoms with Gasteiger partial charge in [-0.15, -0.1) is 11.3 Å². The van der Waals surface area contributed by atoms with Crippen molar-refractivity contribution in [1.82, 2.24) is 4.31 Å². The highest BCUT2D eigenvalue weighted by Gasteiger charge is 2.38. The summed E-state index contributed by atoms with van der Waals surface area (Å²) in [6, 6.07) is 12.2. The third kappa shape index (κ3) is 4.38. The van der Waals surface area contributed by atoms with Crippen molar-refractivity contribution < 1.29 is 22.7 Å². The summed E-state index contributed by atoms with van der Waals surface area (Å²) in [6.07, 6.45) is 2.94. The van der Waals surface area contributed by atoms with Gasteiger partial charge >= 0.3 is 0 Å². The second-order valence-electron chi connectivity index (χ2n) is 9.41. The highest BCUT2D eigenvalue weighted by atomic mass is 32.2. The molecule has 1 atom stereocenters. The van der Waals surface area contributed by atoms with E-state index in [1.54, 1.807) is 24.1 Å². The molecule has 0 spiro atoms. The van der Waals surface area contributed by atoms with E-state index in [0.29, 0.717) is 31.7 Å². The first-order valence-electron chi connectivity index (χ1n) is 12.3. The zero-order chi connectivity index (χ0) is 25.4. The maximum absolute atomic E-state index is 13.6. The highest BCUT2D eigenvalue weighted by Crippen LogP contribution is 2.39. The van der Waals surface area contributed by atoms with E-state index in [1.165, 1.54) is 15.6 Å². The molecule has 2 aliphatic rings. The summed E-state index contributed by atoms with van der Waals surface area (Å²) < 4.78 is 33.6. The van der Waals surface area contributed by atoms with Crippen LogP contribution in [0.1, 0.15) is 46.5 Å². The predicted molar refractivity (Wildman–Crippen MR) is 141 cm³/mol. The number of ether oxygens (including phenoxy) is 1. The summed E-state index contributed by atoms with van der Waals surface area (Å²) in [5.74, 6) is -0.139. The number of carbonyl (C=O) groups excluding carboxylic acids is 2. The Morgan fingerprint density at radius 2 is 1.97 bits per heavy atom. The monoisotopic (exact) mass is 526 g/mol. The Hall–Kier alpha value is -2.59. The molecular formula is C27H30N2O5S2. The van der Waals surface area contributed by atoms with Crippen LogP contribution < -0.4 is 4.90 Å². The van der Waals surface area contributed by atoms with Gasteiger partial charge in [-0.05, 0) is 61.4 Å². The van der Waals surface area contributed by atoms with Crippen LogP contribution in [0.25, 0.3) is 10.8 Å². The number of benzene rings is 2. The summed E-state index contributed by atoms with van der Waals surface area (Å²) in [4.78, 5) is 29.4. The van der Waals surface area contributed by atoms with Gasteiger partial charge in [-0.3, -0.25) is 9.59 Å². The Kier molecular flexibility index (Phi) is 7.00. The molecule has 1 unspecified atom stereocenters. The second kappa shape index (κ2) is 10.0. The number of Topliss-reactive ketones (excluding diaryl/α,β-unsaturated/α-hetero) is 1. The van der Waals surface area contributed by atoms with Crippen LogP contribution in [0.15, 0.2) is 46.7 Å². The molecule has 0 N–H and O–H groups in total.